The molecule has 0 saturated heterocycles. The Hall–Kier alpha value is -4.08. The number of hydrogen-bond donors (Lipinski definition) is 0. The molecule has 2 aliphatic carbocycles. The number of fused-ring (bicyclic) bond motifs is 2. The van der Waals surface area contributed by atoms with Crippen molar-refractivity contribution < 1.29 is 14.3 Å². The SMILES string of the molecule is C=C(/C=C\C=C/CC(C)C)N1CCC2OC3=CC(=O)C(C4=NC5=C=C(C=C=C(C=O)C=C5)S4)=CC3=CC2=C1C. The Morgan fingerprint density at radius 1 is 1.28 bits per heavy atom. The molecule has 39 heavy (non-hydrogen) atoms. The summed E-state index contributed by atoms with van der Waals surface area (Å²) in [6.45, 7) is 11.6. The summed E-state index contributed by atoms with van der Waals surface area (Å²) >= 11 is 1.33. The number of nitrogens with zero attached hydrogens (tertiary/aromatic N) is 2. The molecular weight excluding hydrogens is 504 g/mol. The van der Waals surface area contributed by atoms with Crippen LogP contribution in [-0.2, 0) is 14.3 Å². The summed E-state index contributed by atoms with van der Waals surface area (Å²) in [6, 6.07) is 0. The first-order valence-electron chi connectivity index (χ1n) is 13.1. The maximum absolute atomic E-state index is 13.1. The third-order valence-corrected chi connectivity index (χ3v) is 7.74. The number of ketones is 1. The average molecular weight is 535 g/mol. The van der Waals surface area contributed by atoms with E-state index in [4.69, 9.17) is 4.74 Å². The van der Waals surface area contributed by atoms with Crippen LogP contribution in [-0.4, -0.2) is 34.7 Å². The number of aliphatic imine (C=N–C) groups is 1. The van der Waals surface area contributed by atoms with Crippen molar-refractivity contribution in [3.8, 4) is 0 Å². The molecule has 0 amide bonds. The fourth-order valence-electron chi connectivity index (χ4n) is 4.72. The van der Waals surface area contributed by atoms with E-state index in [9.17, 15) is 9.59 Å². The summed E-state index contributed by atoms with van der Waals surface area (Å²) in [5.41, 5.74) is 11.6. The summed E-state index contributed by atoms with van der Waals surface area (Å²) < 4.78 is 6.32. The van der Waals surface area contributed by atoms with Crippen LogP contribution in [0.3, 0.4) is 0 Å². The van der Waals surface area contributed by atoms with E-state index >= 15 is 0 Å². The number of aldehydes is 1. The van der Waals surface area contributed by atoms with Crippen LogP contribution in [0.15, 0.2) is 134 Å². The van der Waals surface area contributed by atoms with Crippen LogP contribution in [0.4, 0.5) is 0 Å². The van der Waals surface area contributed by atoms with E-state index in [1.54, 1.807) is 24.3 Å². The zero-order valence-corrected chi connectivity index (χ0v) is 23.2. The third-order valence-electron chi connectivity index (χ3n) is 6.79. The predicted molar refractivity (Wildman–Crippen MR) is 157 cm³/mol. The van der Waals surface area contributed by atoms with Crippen molar-refractivity contribution in [2.24, 2.45) is 10.9 Å². The molecule has 0 aromatic heterocycles. The van der Waals surface area contributed by atoms with Crippen LogP contribution < -0.4 is 0 Å². The van der Waals surface area contributed by atoms with Gasteiger partial charge in [-0.3, -0.25) is 9.59 Å². The first-order valence-corrected chi connectivity index (χ1v) is 13.9. The van der Waals surface area contributed by atoms with E-state index in [1.807, 2.05) is 18.2 Å². The van der Waals surface area contributed by atoms with Gasteiger partial charge in [0.1, 0.15) is 22.6 Å². The number of rotatable bonds is 7. The van der Waals surface area contributed by atoms with Gasteiger partial charge in [-0.05, 0) is 49.6 Å². The highest BCUT2D eigenvalue weighted by Crippen LogP contribution is 2.39. The van der Waals surface area contributed by atoms with Gasteiger partial charge >= 0.3 is 0 Å². The molecule has 0 aromatic rings. The number of ether oxygens (including phenoxy) is 1. The molecule has 0 fully saturated rings. The third kappa shape index (κ3) is 5.84. The van der Waals surface area contributed by atoms with Gasteiger partial charge in [0.05, 0.1) is 16.1 Å². The summed E-state index contributed by atoms with van der Waals surface area (Å²) in [6.07, 6.45) is 21.4. The van der Waals surface area contributed by atoms with Gasteiger partial charge in [-0.2, -0.15) is 0 Å². The first kappa shape index (κ1) is 26.5. The Balaban J connectivity index is 1.41. The topological polar surface area (TPSA) is 59.0 Å². The maximum Gasteiger partial charge on any atom is 0.192 e. The lowest BCUT2D eigenvalue weighted by molar-refractivity contribution is -0.111. The molecule has 2 bridgehead atoms. The molecule has 5 nitrogen and oxygen atoms in total. The van der Waals surface area contributed by atoms with Crippen molar-refractivity contribution in [2.75, 3.05) is 6.54 Å². The van der Waals surface area contributed by atoms with Gasteiger partial charge in [0.2, 0.25) is 0 Å². The molecule has 5 aliphatic rings. The summed E-state index contributed by atoms with van der Waals surface area (Å²) in [7, 11) is 0. The molecule has 0 N–H and O–H groups in total. The van der Waals surface area contributed by atoms with Crippen molar-refractivity contribution in [2.45, 2.75) is 39.7 Å². The zero-order chi connectivity index (χ0) is 27.5. The monoisotopic (exact) mass is 534 g/mol. The number of thioether (sulfide) groups is 1. The number of hydrogen-bond acceptors (Lipinski definition) is 6. The zero-order valence-electron chi connectivity index (χ0n) is 22.4. The van der Waals surface area contributed by atoms with Crippen molar-refractivity contribution in [3.05, 3.63) is 129 Å². The average Bonchev–Trinajstić information content (AvgIpc) is 2.91. The lowest BCUT2D eigenvalue weighted by Gasteiger charge is -2.39. The molecular formula is C33H30N2O3S. The van der Waals surface area contributed by atoms with Crippen LogP contribution in [0.2, 0.25) is 0 Å². The van der Waals surface area contributed by atoms with Crippen molar-refractivity contribution in [3.63, 3.8) is 0 Å². The minimum atomic E-state index is -0.145. The molecule has 5 rings (SSSR count). The second-order valence-corrected chi connectivity index (χ2v) is 11.1. The van der Waals surface area contributed by atoms with Gasteiger partial charge in [-0.1, -0.05) is 56.1 Å². The summed E-state index contributed by atoms with van der Waals surface area (Å²) in [4.78, 5) is 31.9. The maximum atomic E-state index is 13.1. The standard InChI is InChI=1S/C33H30N2O3S/c1-21(2)8-6-5-7-9-22(3)35-15-14-31-28(23(35)4)16-25-17-29(30(37)19-32(25)38-31)33-34-26-12-10-24(20-36)11-13-27(18-26)39-33/h5-7,9-10,12-13,16-17,19-21,31H,3,8,14-15H2,1-2,4H3/b6-5-,9-7-,12-10?. The van der Waals surface area contributed by atoms with Gasteiger partial charge in [-0.15, -0.1) is 5.73 Å². The molecule has 0 aromatic carbocycles. The van der Waals surface area contributed by atoms with Gasteiger partial charge in [0.15, 0.2) is 12.1 Å². The molecule has 6 heteroatoms. The van der Waals surface area contributed by atoms with Crippen LogP contribution in [0.5, 0.6) is 0 Å². The van der Waals surface area contributed by atoms with E-state index in [-0.39, 0.29) is 11.9 Å². The summed E-state index contributed by atoms with van der Waals surface area (Å²) in [5, 5.41) is 0.583. The van der Waals surface area contributed by atoms with Crippen molar-refractivity contribution in [1.82, 2.24) is 4.90 Å². The van der Waals surface area contributed by atoms with Crippen LogP contribution in [0.1, 0.15) is 33.6 Å². The van der Waals surface area contributed by atoms with E-state index in [1.165, 1.54) is 11.8 Å². The molecule has 3 heterocycles. The quantitative estimate of drug-likeness (QED) is 0.206. The van der Waals surface area contributed by atoms with Gasteiger partial charge in [0.25, 0.3) is 0 Å². The highest BCUT2D eigenvalue weighted by atomic mass is 32.2. The van der Waals surface area contributed by atoms with Crippen LogP contribution in [0.25, 0.3) is 0 Å². The smallest absolute Gasteiger partial charge is 0.192 e. The highest BCUT2D eigenvalue weighted by Gasteiger charge is 2.34. The molecule has 0 radical (unpaired) electrons. The van der Waals surface area contributed by atoms with E-state index in [2.05, 4.69) is 66.9 Å². The Morgan fingerprint density at radius 3 is 2.92 bits per heavy atom. The lowest BCUT2D eigenvalue weighted by atomic mass is 9.90. The fourth-order valence-corrected chi connectivity index (χ4v) is 5.61. The van der Waals surface area contributed by atoms with E-state index in [0.717, 1.165) is 53.1 Å². The minimum Gasteiger partial charge on any atom is -0.485 e. The predicted octanol–water partition coefficient (Wildman–Crippen LogP) is 6.72. The number of allylic oxidation sites excluding steroid dienone is 9. The Bertz CT molecular complexity index is 1540. The number of carbonyl (C=O) groups is 2. The lowest BCUT2D eigenvalue weighted by Crippen LogP contribution is -2.36. The Kier molecular flexibility index (Phi) is 7.72. The molecule has 196 valence electrons. The van der Waals surface area contributed by atoms with Crippen LogP contribution in [0, 0.1) is 5.92 Å². The Morgan fingerprint density at radius 2 is 2.13 bits per heavy atom. The van der Waals surface area contributed by atoms with E-state index in [0.29, 0.717) is 33.6 Å². The van der Waals surface area contributed by atoms with Crippen LogP contribution >= 0.6 is 11.8 Å². The van der Waals surface area contributed by atoms with Gasteiger partial charge in [-0.25, -0.2) is 4.99 Å². The summed E-state index contributed by atoms with van der Waals surface area (Å²) in [5.74, 6) is 1.09. The van der Waals surface area contributed by atoms with Gasteiger partial charge < -0.3 is 9.64 Å². The first-order chi connectivity index (χ1) is 18.8. The van der Waals surface area contributed by atoms with E-state index < -0.39 is 0 Å². The normalized spacial score (nSPS) is 22.2. The highest BCUT2D eigenvalue weighted by molar-refractivity contribution is 8.18. The minimum absolute atomic E-state index is 0.0980. The fraction of sp³-hybridized carbons (Fsp3) is 0.242. The number of carbonyl (C=O) groups excluding carboxylic acids is 2. The molecule has 1 atom stereocenters. The van der Waals surface area contributed by atoms with Crippen molar-refractivity contribution in [1.29, 1.82) is 0 Å². The second-order valence-electron chi connectivity index (χ2n) is 10.1. The molecule has 3 aliphatic heterocycles. The molecule has 0 saturated carbocycles. The second kappa shape index (κ2) is 11.3. The van der Waals surface area contributed by atoms with Gasteiger partial charge in [0, 0.05) is 47.7 Å². The Labute approximate surface area is 233 Å². The molecule has 0 spiro atoms. The van der Waals surface area contributed by atoms with Crippen molar-refractivity contribution >= 4 is 28.9 Å². The molecule has 1 unspecified atom stereocenters. The largest absolute Gasteiger partial charge is 0.485 e.